The van der Waals surface area contributed by atoms with Gasteiger partial charge in [-0.1, -0.05) is 29.8 Å². The molecule has 0 unspecified atom stereocenters. The predicted molar refractivity (Wildman–Crippen MR) is 103 cm³/mol. The van der Waals surface area contributed by atoms with Gasteiger partial charge in [-0.15, -0.1) is 11.3 Å². The lowest BCUT2D eigenvalue weighted by molar-refractivity contribution is -0.139. The van der Waals surface area contributed by atoms with E-state index in [2.05, 4.69) is 10.1 Å². The van der Waals surface area contributed by atoms with Crippen LogP contribution < -0.4 is 0 Å². The van der Waals surface area contributed by atoms with Crippen molar-refractivity contribution in [1.29, 1.82) is 0 Å². The minimum absolute atomic E-state index is 0.0202. The van der Waals surface area contributed by atoms with Crippen LogP contribution in [-0.4, -0.2) is 26.1 Å². The molecule has 2 aromatic heterocycles. The number of rotatable bonds is 7. The van der Waals surface area contributed by atoms with Crippen LogP contribution in [-0.2, 0) is 22.7 Å². The number of ketones is 1. The van der Waals surface area contributed by atoms with E-state index >= 15 is 0 Å². The zero-order valence-electron chi connectivity index (χ0n) is 14.9. The Kier molecular flexibility index (Phi) is 5.55. The fraction of sp³-hybridized carbons (Fsp3) is 0.316. The van der Waals surface area contributed by atoms with Crippen molar-refractivity contribution in [2.75, 3.05) is 0 Å². The van der Waals surface area contributed by atoms with Gasteiger partial charge in [0.25, 0.3) is 0 Å². The van der Waals surface area contributed by atoms with Crippen LogP contribution in [0.15, 0.2) is 41.9 Å². The van der Waals surface area contributed by atoms with Gasteiger partial charge in [0.2, 0.25) is 0 Å². The number of aromatic nitrogens is 3. The number of benzene rings is 1. The Labute approximate surface area is 161 Å². The van der Waals surface area contributed by atoms with Gasteiger partial charge < -0.3 is 4.74 Å². The van der Waals surface area contributed by atoms with Crippen molar-refractivity contribution in [3.8, 4) is 10.7 Å². The second kappa shape index (κ2) is 7.70. The molecule has 2 heterocycles. The molecule has 0 bridgehead atoms. The summed E-state index contributed by atoms with van der Waals surface area (Å²) in [6, 6.07) is 9.65. The number of carbonyl (C=O) groups excluding carboxylic acids is 1. The minimum atomic E-state index is -0.839. The molecule has 0 amide bonds. The van der Waals surface area contributed by atoms with Gasteiger partial charge in [-0.2, -0.15) is 5.10 Å². The Morgan fingerprint density at radius 3 is 2.77 bits per heavy atom. The summed E-state index contributed by atoms with van der Waals surface area (Å²) in [5.41, 5.74) is 1.79. The molecule has 0 radical (unpaired) electrons. The third-order valence-corrected chi connectivity index (χ3v) is 5.35. The van der Waals surface area contributed by atoms with E-state index in [4.69, 9.17) is 16.3 Å². The summed E-state index contributed by atoms with van der Waals surface area (Å²) < 4.78 is 7.64. The Morgan fingerprint density at radius 2 is 2.12 bits per heavy atom. The van der Waals surface area contributed by atoms with Crippen molar-refractivity contribution in [1.82, 2.24) is 14.8 Å². The molecule has 0 aliphatic carbocycles. The zero-order chi connectivity index (χ0) is 18.7. The van der Waals surface area contributed by atoms with E-state index in [1.165, 1.54) is 6.92 Å². The molecule has 3 aromatic rings. The molecule has 0 atom stereocenters. The second-order valence-corrected chi connectivity index (χ2v) is 7.76. The first-order chi connectivity index (χ1) is 12.4. The molecule has 1 aromatic carbocycles. The topological polar surface area (TPSA) is 57.0 Å². The Hall–Kier alpha value is -2.02. The number of halogens is 1. The van der Waals surface area contributed by atoms with Crippen molar-refractivity contribution in [3.05, 3.63) is 58.2 Å². The molecule has 5 nitrogen and oxygen atoms in total. The quantitative estimate of drug-likeness (QED) is 0.592. The number of hydrogen-bond acceptors (Lipinski definition) is 5. The molecule has 136 valence electrons. The van der Waals surface area contributed by atoms with Crippen molar-refractivity contribution in [2.24, 2.45) is 0 Å². The summed E-state index contributed by atoms with van der Waals surface area (Å²) in [5, 5.41) is 8.16. The van der Waals surface area contributed by atoms with Crippen molar-refractivity contribution >= 4 is 28.7 Å². The molecular weight excluding hydrogens is 370 g/mol. The SMILES string of the molecule is CC(=O)C(C)(C)OCc1cc(-c2nccs2)n(Cc2ccccc2Cl)n1. The third kappa shape index (κ3) is 4.20. The van der Waals surface area contributed by atoms with Gasteiger partial charge in [-0.25, -0.2) is 4.98 Å². The third-order valence-electron chi connectivity index (χ3n) is 4.19. The fourth-order valence-electron chi connectivity index (χ4n) is 2.33. The average molecular weight is 390 g/mol. The standard InChI is InChI=1S/C19H20ClN3O2S/c1-13(24)19(2,3)25-12-15-10-17(18-21-8-9-26-18)23(22-15)11-14-6-4-5-7-16(14)20/h4-10H,11-12H2,1-3H3. The molecule has 0 saturated carbocycles. The van der Waals surface area contributed by atoms with E-state index in [1.54, 1.807) is 31.4 Å². The van der Waals surface area contributed by atoms with Crippen molar-refractivity contribution in [3.63, 3.8) is 0 Å². The molecule has 0 aliphatic rings. The van der Waals surface area contributed by atoms with E-state index < -0.39 is 5.60 Å². The second-order valence-electron chi connectivity index (χ2n) is 6.46. The van der Waals surface area contributed by atoms with Gasteiger partial charge in [0.15, 0.2) is 5.78 Å². The van der Waals surface area contributed by atoms with E-state index in [-0.39, 0.29) is 12.4 Å². The lowest BCUT2D eigenvalue weighted by atomic mass is 10.1. The van der Waals surface area contributed by atoms with Gasteiger partial charge in [0.05, 0.1) is 24.5 Å². The Balaban J connectivity index is 1.89. The van der Waals surface area contributed by atoms with Crippen LogP contribution in [0.5, 0.6) is 0 Å². The summed E-state index contributed by atoms with van der Waals surface area (Å²) in [4.78, 5) is 16.0. The molecule has 3 rings (SSSR count). The number of thiazole rings is 1. The largest absolute Gasteiger partial charge is 0.361 e. The van der Waals surface area contributed by atoms with Gasteiger partial charge in [-0.3, -0.25) is 9.48 Å². The lowest BCUT2D eigenvalue weighted by Crippen LogP contribution is -2.32. The van der Waals surface area contributed by atoms with Crippen LogP contribution in [0, 0.1) is 0 Å². The number of hydrogen-bond donors (Lipinski definition) is 0. The minimum Gasteiger partial charge on any atom is -0.361 e. The van der Waals surface area contributed by atoms with Crippen LogP contribution in [0.3, 0.4) is 0 Å². The van der Waals surface area contributed by atoms with Crippen molar-refractivity contribution in [2.45, 2.75) is 39.5 Å². The van der Waals surface area contributed by atoms with Gasteiger partial charge in [0.1, 0.15) is 10.6 Å². The smallest absolute Gasteiger partial charge is 0.161 e. The molecule has 7 heteroatoms. The van der Waals surface area contributed by atoms with Crippen molar-refractivity contribution < 1.29 is 9.53 Å². The monoisotopic (exact) mass is 389 g/mol. The zero-order valence-corrected chi connectivity index (χ0v) is 16.5. The molecule has 0 fully saturated rings. The molecular formula is C19H20ClN3O2S. The first-order valence-corrected chi connectivity index (χ1v) is 9.47. The maximum absolute atomic E-state index is 11.7. The number of ether oxygens (including phenoxy) is 1. The van der Waals surface area contributed by atoms with Crippen LogP contribution in [0.1, 0.15) is 32.0 Å². The first kappa shape index (κ1) is 18.8. The summed E-state index contributed by atoms with van der Waals surface area (Å²) in [5.74, 6) is -0.0202. The summed E-state index contributed by atoms with van der Waals surface area (Å²) in [7, 11) is 0. The van der Waals surface area contributed by atoms with E-state index in [0.717, 1.165) is 22.0 Å². The highest BCUT2D eigenvalue weighted by Crippen LogP contribution is 2.26. The first-order valence-electron chi connectivity index (χ1n) is 8.22. The van der Waals surface area contributed by atoms with Crippen LogP contribution in [0.2, 0.25) is 5.02 Å². The van der Waals surface area contributed by atoms with Gasteiger partial charge in [0, 0.05) is 16.6 Å². The number of carbonyl (C=O) groups is 1. The molecule has 26 heavy (non-hydrogen) atoms. The highest BCUT2D eigenvalue weighted by Gasteiger charge is 2.25. The fourth-order valence-corrected chi connectivity index (χ4v) is 3.18. The van der Waals surface area contributed by atoms with E-state index in [0.29, 0.717) is 11.6 Å². The van der Waals surface area contributed by atoms with E-state index in [9.17, 15) is 4.79 Å². The number of nitrogens with zero attached hydrogens (tertiary/aromatic N) is 3. The lowest BCUT2D eigenvalue weighted by Gasteiger charge is -2.21. The average Bonchev–Trinajstić information content (AvgIpc) is 3.24. The molecule has 0 N–H and O–H groups in total. The van der Waals surface area contributed by atoms with E-state index in [1.807, 2.05) is 40.4 Å². The molecule has 0 saturated heterocycles. The predicted octanol–water partition coefficient (Wildman–Crippen LogP) is 4.59. The Bertz CT molecular complexity index is 903. The highest BCUT2D eigenvalue weighted by molar-refractivity contribution is 7.13. The molecule has 0 aliphatic heterocycles. The summed E-state index contributed by atoms with van der Waals surface area (Å²) in [6.45, 7) is 5.83. The van der Waals surface area contributed by atoms with Gasteiger partial charge >= 0.3 is 0 Å². The normalized spacial score (nSPS) is 11.7. The summed E-state index contributed by atoms with van der Waals surface area (Å²) >= 11 is 7.84. The highest BCUT2D eigenvalue weighted by atomic mass is 35.5. The van der Waals surface area contributed by atoms with Gasteiger partial charge in [-0.05, 0) is 38.5 Å². The Morgan fingerprint density at radius 1 is 1.35 bits per heavy atom. The van der Waals surface area contributed by atoms with Crippen LogP contribution in [0.25, 0.3) is 10.7 Å². The van der Waals surface area contributed by atoms with Crippen LogP contribution in [0.4, 0.5) is 0 Å². The van der Waals surface area contributed by atoms with Crippen LogP contribution >= 0.6 is 22.9 Å². The maximum atomic E-state index is 11.7. The maximum Gasteiger partial charge on any atom is 0.161 e. The summed E-state index contributed by atoms with van der Waals surface area (Å²) in [6.07, 6.45) is 1.77. The number of Topliss-reactive ketones (excluding diaryl/α,β-unsaturated/α-hetero) is 1. The molecule has 0 spiro atoms.